The van der Waals surface area contributed by atoms with Crippen molar-refractivity contribution in [3.63, 3.8) is 0 Å². The Hall–Kier alpha value is -1.15. The molecule has 3 aliphatic rings. The van der Waals surface area contributed by atoms with Crippen LogP contribution in [0.15, 0.2) is 4.79 Å². The molecule has 152 valence electrons. The minimum atomic E-state index is -3.18. The lowest BCUT2D eigenvalue weighted by molar-refractivity contribution is 0.297. The van der Waals surface area contributed by atoms with Gasteiger partial charge in [0.1, 0.15) is 5.82 Å². The zero-order valence-electron chi connectivity index (χ0n) is 16.3. The fourth-order valence-electron chi connectivity index (χ4n) is 5.22. The third-order valence-electron chi connectivity index (χ3n) is 6.82. The highest BCUT2D eigenvalue weighted by Crippen LogP contribution is 2.35. The molecule has 0 spiro atoms. The van der Waals surface area contributed by atoms with Crippen LogP contribution in [0.1, 0.15) is 88.4 Å². The number of hydrogen-bond donors (Lipinski definition) is 0. The number of hydrogen-bond acceptors (Lipinski definition) is 4. The first-order valence-electron chi connectivity index (χ1n) is 10.6. The molecule has 1 aliphatic heterocycles. The topological polar surface area (TPSA) is 77.2 Å². The number of sulfonamides is 1. The average molecular weight is 397 g/mol. The summed E-state index contributed by atoms with van der Waals surface area (Å²) in [6.07, 6.45) is 10.8. The van der Waals surface area contributed by atoms with Crippen molar-refractivity contribution in [1.82, 2.24) is 18.7 Å². The Morgan fingerprint density at radius 1 is 0.889 bits per heavy atom. The fourth-order valence-corrected chi connectivity index (χ4v) is 7.30. The van der Waals surface area contributed by atoms with E-state index in [-0.39, 0.29) is 22.9 Å². The summed E-state index contributed by atoms with van der Waals surface area (Å²) >= 11 is 0. The van der Waals surface area contributed by atoms with E-state index in [1.165, 1.54) is 17.5 Å². The average Bonchev–Trinajstić information content (AvgIpc) is 3.31. The second-order valence-corrected chi connectivity index (χ2v) is 10.8. The highest BCUT2D eigenvalue weighted by atomic mass is 32.2. The van der Waals surface area contributed by atoms with Crippen LogP contribution in [0.3, 0.4) is 0 Å². The van der Waals surface area contributed by atoms with Gasteiger partial charge >= 0.3 is 5.69 Å². The summed E-state index contributed by atoms with van der Waals surface area (Å²) in [6.45, 7) is 1.11. The van der Waals surface area contributed by atoms with Gasteiger partial charge in [-0.15, -0.1) is 0 Å². The summed E-state index contributed by atoms with van der Waals surface area (Å²) < 4.78 is 31.0. The van der Waals surface area contributed by atoms with Crippen LogP contribution >= 0.6 is 0 Å². The SMILES string of the molecule is Cn1nc(C2CCN(S(=O)(=O)C3CCCCC3)CC2)n(C2CCCC2)c1=O. The van der Waals surface area contributed by atoms with E-state index < -0.39 is 10.0 Å². The van der Waals surface area contributed by atoms with Crippen LogP contribution < -0.4 is 5.69 Å². The van der Waals surface area contributed by atoms with Crippen LogP contribution in [0.2, 0.25) is 0 Å². The molecule has 3 fully saturated rings. The van der Waals surface area contributed by atoms with E-state index in [0.29, 0.717) is 13.1 Å². The summed E-state index contributed by atoms with van der Waals surface area (Å²) in [5.41, 5.74) is -0.0193. The Balaban J connectivity index is 1.48. The van der Waals surface area contributed by atoms with Crippen LogP contribution in [-0.2, 0) is 17.1 Å². The van der Waals surface area contributed by atoms with Gasteiger partial charge in [-0.1, -0.05) is 32.1 Å². The number of piperidine rings is 1. The minimum Gasteiger partial charge on any atom is -0.276 e. The van der Waals surface area contributed by atoms with E-state index in [0.717, 1.165) is 63.6 Å². The van der Waals surface area contributed by atoms with Crippen LogP contribution in [0.5, 0.6) is 0 Å². The molecule has 2 saturated carbocycles. The molecule has 2 aliphatic carbocycles. The lowest BCUT2D eigenvalue weighted by Gasteiger charge is -2.34. The van der Waals surface area contributed by atoms with Crippen molar-refractivity contribution in [1.29, 1.82) is 0 Å². The predicted molar refractivity (Wildman–Crippen MR) is 104 cm³/mol. The van der Waals surface area contributed by atoms with E-state index in [1.54, 1.807) is 11.4 Å². The molecule has 0 aromatic carbocycles. The van der Waals surface area contributed by atoms with Crippen molar-refractivity contribution in [3.05, 3.63) is 16.3 Å². The second-order valence-electron chi connectivity index (χ2n) is 8.55. The van der Waals surface area contributed by atoms with Gasteiger partial charge in [0.2, 0.25) is 10.0 Å². The molecular weight excluding hydrogens is 364 g/mol. The Labute approximate surface area is 161 Å². The Kier molecular flexibility index (Phi) is 5.47. The molecule has 0 bridgehead atoms. The highest BCUT2D eigenvalue weighted by molar-refractivity contribution is 7.89. The van der Waals surface area contributed by atoms with Gasteiger partial charge in [0.15, 0.2) is 0 Å². The van der Waals surface area contributed by atoms with Gasteiger partial charge < -0.3 is 0 Å². The molecular formula is C19H32N4O3S. The maximum Gasteiger partial charge on any atom is 0.345 e. The first-order chi connectivity index (χ1) is 13.0. The lowest BCUT2D eigenvalue weighted by atomic mass is 9.97. The molecule has 0 atom stereocenters. The van der Waals surface area contributed by atoms with E-state index in [2.05, 4.69) is 5.10 Å². The van der Waals surface area contributed by atoms with Crippen LogP contribution in [0.25, 0.3) is 0 Å². The predicted octanol–water partition coefficient (Wildman–Crippen LogP) is 2.54. The first-order valence-corrected chi connectivity index (χ1v) is 12.1. The van der Waals surface area contributed by atoms with E-state index in [9.17, 15) is 13.2 Å². The Morgan fingerprint density at radius 3 is 2.11 bits per heavy atom. The molecule has 0 amide bonds. The van der Waals surface area contributed by atoms with Crippen molar-refractivity contribution in [3.8, 4) is 0 Å². The smallest absolute Gasteiger partial charge is 0.276 e. The highest BCUT2D eigenvalue weighted by Gasteiger charge is 2.37. The van der Waals surface area contributed by atoms with Crippen molar-refractivity contribution >= 4 is 10.0 Å². The van der Waals surface area contributed by atoms with Gasteiger partial charge in [-0.05, 0) is 38.5 Å². The lowest BCUT2D eigenvalue weighted by Crippen LogP contribution is -2.44. The quantitative estimate of drug-likeness (QED) is 0.784. The third kappa shape index (κ3) is 3.62. The maximum absolute atomic E-state index is 13.0. The summed E-state index contributed by atoms with van der Waals surface area (Å²) in [5, 5.41) is 4.37. The zero-order valence-corrected chi connectivity index (χ0v) is 17.2. The Morgan fingerprint density at radius 2 is 1.48 bits per heavy atom. The molecule has 0 unspecified atom stereocenters. The van der Waals surface area contributed by atoms with Crippen molar-refractivity contribution in [2.75, 3.05) is 13.1 Å². The van der Waals surface area contributed by atoms with E-state index >= 15 is 0 Å². The normalized spacial score (nSPS) is 24.6. The van der Waals surface area contributed by atoms with Gasteiger partial charge in [-0.25, -0.2) is 22.2 Å². The molecule has 0 radical (unpaired) electrons. The fraction of sp³-hybridized carbons (Fsp3) is 0.895. The molecule has 1 saturated heterocycles. The molecule has 2 heterocycles. The third-order valence-corrected chi connectivity index (χ3v) is 9.22. The second kappa shape index (κ2) is 7.70. The van der Waals surface area contributed by atoms with Crippen molar-refractivity contribution in [2.45, 2.75) is 87.8 Å². The van der Waals surface area contributed by atoms with Gasteiger partial charge in [0.05, 0.1) is 5.25 Å². The van der Waals surface area contributed by atoms with Gasteiger partial charge in [0, 0.05) is 32.1 Å². The Bertz CT molecular complexity index is 808. The van der Waals surface area contributed by atoms with Gasteiger partial charge in [-0.3, -0.25) is 4.57 Å². The van der Waals surface area contributed by atoms with Crippen molar-refractivity contribution < 1.29 is 8.42 Å². The molecule has 1 aromatic heterocycles. The van der Waals surface area contributed by atoms with Gasteiger partial charge in [-0.2, -0.15) is 5.10 Å². The maximum atomic E-state index is 13.0. The number of rotatable bonds is 4. The molecule has 1 aromatic rings. The van der Waals surface area contributed by atoms with Crippen molar-refractivity contribution in [2.24, 2.45) is 7.05 Å². The monoisotopic (exact) mass is 396 g/mol. The molecule has 7 nitrogen and oxygen atoms in total. The molecule has 27 heavy (non-hydrogen) atoms. The zero-order chi connectivity index (χ0) is 19.0. The number of aryl methyl sites for hydroxylation is 1. The molecule has 4 rings (SSSR count). The summed E-state index contributed by atoms with van der Waals surface area (Å²) in [7, 11) is -1.46. The minimum absolute atomic E-state index is 0.0193. The molecule has 8 heteroatoms. The number of nitrogens with zero attached hydrogens (tertiary/aromatic N) is 4. The van der Waals surface area contributed by atoms with Crippen LogP contribution in [-0.4, -0.2) is 45.4 Å². The summed E-state index contributed by atoms with van der Waals surface area (Å²) in [5.74, 6) is 1.06. The summed E-state index contributed by atoms with van der Waals surface area (Å²) in [4.78, 5) is 12.6. The molecule has 0 N–H and O–H groups in total. The van der Waals surface area contributed by atoms with Crippen LogP contribution in [0.4, 0.5) is 0 Å². The van der Waals surface area contributed by atoms with E-state index in [4.69, 9.17) is 0 Å². The standard InChI is InChI=1S/C19H32N4O3S/c1-21-19(24)23(16-7-5-6-8-16)18(20-21)15-11-13-22(14-12-15)27(25,26)17-9-3-2-4-10-17/h15-17H,2-14H2,1H3. The van der Waals surface area contributed by atoms with Gasteiger partial charge in [0.25, 0.3) is 0 Å². The summed E-state index contributed by atoms with van der Waals surface area (Å²) in [6, 6.07) is 0.269. The number of aromatic nitrogens is 3. The first kappa shape index (κ1) is 19.2. The van der Waals surface area contributed by atoms with Crippen LogP contribution in [0, 0.1) is 0 Å². The van der Waals surface area contributed by atoms with E-state index in [1.807, 2.05) is 4.57 Å². The largest absolute Gasteiger partial charge is 0.345 e.